The van der Waals surface area contributed by atoms with E-state index in [2.05, 4.69) is 62.8 Å². The molecule has 33 heavy (non-hydrogen) atoms. The zero-order valence-electron chi connectivity index (χ0n) is 19.4. The van der Waals surface area contributed by atoms with Crippen molar-refractivity contribution in [2.24, 2.45) is 0 Å². The standard InChI is InChI=1S/C24H29N7OSi/c1-33(2,3)11-10-32-17-30-9-5-19-22(28-16-29-23(19)30)20-13-31(21-12-26-8-4-18(20)21)24(6-7-25)14-27-15-24/h4-5,8-9,12-13,16,27H,6,10-11,14-15,17H2,1-3H3. The molecular weight excluding hydrogens is 430 g/mol. The molecule has 0 spiro atoms. The van der Waals surface area contributed by atoms with Gasteiger partial charge >= 0.3 is 0 Å². The predicted octanol–water partition coefficient (Wildman–Crippen LogP) is 3.97. The molecule has 9 heteroatoms. The molecule has 0 aliphatic carbocycles. The summed E-state index contributed by atoms with van der Waals surface area (Å²) < 4.78 is 10.2. The Bertz CT molecular complexity index is 1340. The number of nitrogens with one attached hydrogen (secondary N) is 1. The van der Waals surface area contributed by atoms with Gasteiger partial charge in [-0.15, -0.1) is 0 Å². The zero-order valence-corrected chi connectivity index (χ0v) is 20.4. The van der Waals surface area contributed by atoms with Gasteiger partial charge in [0.05, 0.1) is 35.4 Å². The number of nitrogens with zero attached hydrogens (tertiary/aromatic N) is 6. The fraction of sp³-hybridized carbons (Fsp3) is 0.417. The van der Waals surface area contributed by atoms with Crippen LogP contribution in [0, 0.1) is 11.3 Å². The van der Waals surface area contributed by atoms with Crippen LogP contribution in [0.3, 0.4) is 0 Å². The monoisotopic (exact) mass is 459 g/mol. The molecule has 4 aromatic heterocycles. The second-order valence-corrected chi connectivity index (χ2v) is 15.7. The summed E-state index contributed by atoms with van der Waals surface area (Å²) in [5.41, 5.74) is 3.54. The summed E-state index contributed by atoms with van der Waals surface area (Å²) in [7, 11) is -1.12. The Kier molecular flexibility index (Phi) is 5.52. The molecule has 1 aliphatic rings. The molecule has 4 aromatic rings. The number of rotatable bonds is 8. The van der Waals surface area contributed by atoms with Crippen molar-refractivity contribution >= 4 is 30.0 Å². The maximum Gasteiger partial charge on any atom is 0.145 e. The highest BCUT2D eigenvalue weighted by atomic mass is 28.3. The van der Waals surface area contributed by atoms with Gasteiger partial charge in [0.1, 0.15) is 18.7 Å². The van der Waals surface area contributed by atoms with Crippen LogP contribution in [0.5, 0.6) is 0 Å². The van der Waals surface area contributed by atoms with Gasteiger partial charge in [-0.2, -0.15) is 5.26 Å². The fourth-order valence-electron chi connectivity index (χ4n) is 4.46. The van der Waals surface area contributed by atoms with Gasteiger partial charge in [-0.3, -0.25) is 4.98 Å². The van der Waals surface area contributed by atoms with E-state index in [0.29, 0.717) is 13.2 Å². The van der Waals surface area contributed by atoms with Crippen LogP contribution in [0.2, 0.25) is 25.7 Å². The molecule has 0 atom stereocenters. The highest BCUT2D eigenvalue weighted by Gasteiger charge is 2.40. The quantitative estimate of drug-likeness (QED) is 0.316. The van der Waals surface area contributed by atoms with Gasteiger partial charge in [-0.05, 0) is 18.2 Å². The number of nitriles is 1. The van der Waals surface area contributed by atoms with Crippen molar-refractivity contribution in [3.05, 3.63) is 43.2 Å². The second-order valence-electron chi connectivity index (χ2n) is 10.1. The summed E-state index contributed by atoms with van der Waals surface area (Å²) in [6.07, 6.45) is 9.91. The van der Waals surface area contributed by atoms with Crippen molar-refractivity contribution in [1.82, 2.24) is 29.4 Å². The highest BCUT2D eigenvalue weighted by molar-refractivity contribution is 6.76. The van der Waals surface area contributed by atoms with Gasteiger partial charge in [0.25, 0.3) is 0 Å². The first-order chi connectivity index (χ1) is 15.9. The minimum absolute atomic E-state index is 0.253. The van der Waals surface area contributed by atoms with Crippen LogP contribution < -0.4 is 5.32 Å². The number of pyridine rings is 1. The number of hydrogen-bond acceptors (Lipinski definition) is 6. The van der Waals surface area contributed by atoms with Crippen LogP contribution in [-0.2, 0) is 17.0 Å². The van der Waals surface area contributed by atoms with E-state index in [0.717, 1.165) is 58.9 Å². The van der Waals surface area contributed by atoms with Gasteiger partial charge in [-0.1, -0.05) is 19.6 Å². The third kappa shape index (κ3) is 3.95. The van der Waals surface area contributed by atoms with Crippen molar-refractivity contribution in [1.29, 1.82) is 5.26 Å². The summed E-state index contributed by atoms with van der Waals surface area (Å²) in [4.78, 5) is 13.6. The van der Waals surface area contributed by atoms with Crippen LogP contribution >= 0.6 is 0 Å². The van der Waals surface area contributed by atoms with E-state index in [4.69, 9.17) is 4.74 Å². The fourth-order valence-corrected chi connectivity index (χ4v) is 5.22. The largest absolute Gasteiger partial charge is 0.361 e. The van der Waals surface area contributed by atoms with Gasteiger partial charge in [0.2, 0.25) is 0 Å². The number of fused-ring (bicyclic) bond motifs is 2. The Labute approximate surface area is 194 Å². The SMILES string of the molecule is C[Si](C)(C)CCOCn1ccc2c(-c3cn(C4(CC#N)CNC4)c4cnccc34)ncnc21. The van der Waals surface area contributed by atoms with Gasteiger partial charge in [0.15, 0.2) is 0 Å². The topological polar surface area (TPSA) is 93.6 Å². The van der Waals surface area contributed by atoms with Crippen LogP contribution in [0.25, 0.3) is 33.2 Å². The maximum absolute atomic E-state index is 9.46. The summed E-state index contributed by atoms with van der Waals surface area (Å²) in [5.74, 6) is 0. The second kappa shape index (κ2) is 8.37. The molecular formula is C24H29N7OSi. The first-order valence-corrected chi connectivity index (χ1v) is 15.0. The first kappa shape index (κ1) is 21.8. The summed E-state index contributed by atoms with van der Waals surface area (Å²) in [6, 6.07) is 7.59. The summed E-state index contributed by atoms with van der Waals surface area (Å²) >= 11 is 0. The van der Waals surface area contributed by atoms with Gasteiger partial charge < -0.3 is 19.2 Å². The van der Waals surface area contributed by atoms with Gasteiger partial charge in [-0.25, -0.2) is 9.97 Å². The molecule has 5 rings (SSSR count). The number of ether oxygens (including phenoxy) is 1. The van der Waals surface area contributed by atoms with Crippen molar-refractivity contribution < 1.29 is 4.74 Å². The van der Waals surface area contributed by atoms with Gasteiger partial charge in [0, 0.05) is 62.7 Å². The lowest BCUT2D eigenvalue weighted by Crippen LogP contribution is -2.60. The molecule has 0 unspecified atom stereocenters. The van der Waals surface area contributed by atoms with Crippen molar-refractivity contribution in [2.45, 2.75) is 44.4 Å². The molecule has 170 valence electrons. The Balaban J connectivity index is 1.53. The molecule has 1 aliphatic heterocycles. The van der Waals surface area contributed by atoms with E-state index >= 15 is 0 Å². The van der Waals surface area contributed by atoms with E-state index < -0.39 is 8.07 Å². The number of hydrogen-bond donors (Lipinski definition) is 1. The highest BCUT2D eigenvalue weighted by Crippen LogP contribution is 2.38. The average Bonchev–Trinajstić information content (AvgIpc) is 3.35. The Morgan fingerprint density at radius 1 is 1.21 bits per heavy atom. The lowest BCUT2D eigenvalue weighted by Gasteiger charge is -2.43. The Morgan fingerprint density at radius 3 is 2.79 bits per heavy atom. The molecule has 0 saturated carbocycles. The maximum atomic E-state index is 9.46. The van der Waals surface area contributed by atoms with Crippen LogP contribution in [0.1, 0.15) is 6.42 Å². The van der Waals surface area contributed by atoms with Crippen LogP contribution in [-0.4, -0.2) is 51.9 Å². The van der Waals surface area contributed by atoms with E-state index in [-0.39, 0.29) is 5.54 Å². The first-order valence-electron chi connectivity index (χ1n) is 11.3. The van der Waals surface area contributed by atoms with E-state index in [9.17, 15) is 5.26 Å². The van der Waals surface area contributed by atoms with E-state index in [1.807, 2.05) is 29.2 Å². The molecule has 5 heterocycles. The molecule has 1 N–H and O–H groups in total. The van der Waals surface area contributed by atoms with Crippen molar-refractivity contribution in [2.75, 3.05) is 19.7 Å². The molecule has 0 radical (unpaired) electrons. The predicted molar refractivity (Wildman–Crippen MR) is 131 cm³/mol. The summed E-state index contributed by atoms with van der Waals surface area (Å²) in [6.45, 7) is 9.84. The minimum Gasteiger partial charge on any atom is -0.361 e. The van der Waals surface area contributed by atoms with Crippen molar-refractivity contribution in [3.63, 3.8) is 0 Å². The summed E-state index contributed by atoms with van der Waals surface area (Å²) in [5, 5.41) is 14.9. The number of aromatic nitrogens is 5. The Hall–Kier alpha value is -3.06. The smallest absolute Gasteiger partial charge is 0.145 e. The van der Waals surface area contributed by atoms with Crippen LogP contribution in [0.15, 0.2) is 43.2 Å². The Morgan fingerprint density at radius 2 is 2.06 bits per heavy atom. The molecule has 0 aromatic carbocycles. The molecule has 1 fully saturated rings. The van der Waals surface area contributed by atoms with E-state index in [1.54, 1.807) is 6.33 Å². The lowest BCUT2D eigenvalue weighted by molar-refractivity contribution is 0.0899. The molecule has 0 amide bonds. The van der Waals surface area contributed by atoms with Crippen molar-refractivity contribution in [3.8, 4) is 17.3 Å². The molecule has 1 saturated heterocycles. The molecule has 0 bridgehead atoms. The minimum atomic E-state index is -1.12. The lowest BCUT2D eigenvalue weighted by atomic mass is 9.88. The third-order valence-electron chi connectivity index (χ3n) is 6.47. The van der Waals surface area contributed by atoms with Crippen LogP contribution in [0.4, 0.5) is 0 Å². The zero-order chi connectivity index (χ0) is 23.1. The third-order valence-corrected chi connectivity index (χ3v) is 8.18. The van der Waals surface area contributed by atoms with E-state index in [1.165, 1.54) is 0 Å². The average molecular weight is 460 g/mol. The normalized spacial score (nSPS) is 15.6. The molecule has 8 nitrogen and oxygen atoms in total.